The number of pyridine rings is 1. The van der Waals surface area contributed by atoms with Gasteiger partial charge in [0, 0.05) is 38.3 Å². The van der Waals surface area contributed by atoms with Gasteiger partial charge in [0.2, 0.25) is 0 Å². The van der Waals surface area contributed by atoms with Gasteiger partial charge in [0.15, 0.2) is 16.7 Å². The summed E-state index contributed by atoms with van der Waals surface area (Å²) in [6.45, 7) is 5.15. The predicted octanol–water partition coefficient (Wildman–Crippen LogP) is 2.34. The summed E-state index contributed by atoms with van der Waals surface area (Å²) < 4.78 is 1.04. The Hall–Kier alpha value is -2.95. The molecule has 0 bridgehead atoms. The molecule has 2 atom stereocenters. The Balaban J connectivity index is 1.39. The lowest BCUT2D eigenvalue weighted by Crippen LogP contribution is -2.55. The van der Waals surface area contributed by atoms with Gasteiger partial charge in [-0.2, -0.15) is 0 Å². The number of amides is 2. The quantitative estimate of drug-likeness (QED) is 0.464. The Bertz CT molecular complexity index is 1120. The number of aromatic nitrogens is 2. The van der Waals surface area contributed by atoms with Gasteiger partial charge >= 0.3 is 6.03 Å². The molecule has 9 nitrogen and oxygen atoms in total. The monoisotopic (exact) mass is 457 g/mol. The van der Waals surface area contributed by atoms with E-state index in [1.54, 1.807) is 17.2 Å². The highest BCUT2D eigenvalue weighted by Crippen LogP contribution is 2.29. The molecule has 1 unspecified atom stereocenters. The molecule has 0 radical (unpaired) electrons. The van der Waals surface area contributed by atoms with Gasteiger partial charge in [0.25, 0.3) is 0 Å². The number of nitrogens with zero attached hydrogens (tertiary/aromatic N) is 4. The average Bonchev–Trinajstić information content (AvgIpc) is 3.14. The number of aromatic hydroxyl groups is 1. The standard InChI is InChI=1S/C22H27N5O4S/c1-13-3-4-17-19(7-13)32-21(24-17)25-22(31)27-6-5-26(11-14(27)2)20-18(30)9-15(10-23-20)8-16(29)12-28/h3-4,7,9-10,14,16,28-30H,5-6,8,11-12H2,1-2H3,(H,24,25,31)/t14-,16?/m0/s1. The Morgan fingerprint density at radius 3 is 2.88 bits per heavy atom. The molecule has 170 valence electrons. The van der Waals surface area contributed by atoms with Crippen molar-refractivity contribution in [3.05, 3.63) is 41.6 Å². The van der Waals surface area contributed by atoms with Crippen molar-refractivity contribution in [2.24, 2.45) is 0 Å². The lowest BCUT2D eigenvalue weighted by Gasteiger charge is -2.40. The van der Waals surface area contributed by atoms with Crippen molar-refractivity contribution in [2.45, 2.75) is 32.4 Å². The highest BCUT2D eigenvalue weighted by molar-refractivity contribution is 7.22. The molecule has 4 N–H and O–H groups in total. The van der Waals surface area contributed by atoms with E-state index in [1.807, 2.05) is 30.9 Å². The van der Waals surface area contributed by atoms with Crippen LogP contribution in [0.25, 0.3) is 10.2 Å². The van der Waals surface area contributed by atoms with E-state index >= 15 is 0 Å². The minimum absolute atomic E-state index is 0.0162. The van der Waals surface area contributed by atoms with Crippen molar-refractivity contribution < 1.29 is 20.1 Å². The lowest BCUT2D eigenvalue weighted by molar-refractivity contribution is 0.0954. The third-order valence-electron chi connectivity index (χ3n) is 5.53. The molecule has 1 saturated heterocycles. The van der Waals surface area contributed by atoms with Gasteiger partial charge < -0.3 is 25.1 Å². The van der Waals surface area contributed by atoms with Crippen LogP contribution in [0.5, 0.6) is 5.75 Å². The second kappa shape index (κ2) is 9.27. The van der Waals surface area contributed by atoms with Crippen LogP contribution in [0, 0.1) is 6.92 Å². The first-order valence-electron chi connectivity index (χ1n) is 10.5. The molecule has 1 aliphatic heterocycles. The van der Waals surface area contributed by atoms with E-state index in [2.05, 4.69) is 21.4 Å². The zero-order chi connectivity index (χ0) is 22.8. The molecule has 0 aliphatic carbocycles. The van der Waals surface area contributed by atoms with Crippen LogP contribution < -0.4 is 10.2 Å². The van der Waals surface area contributed by atoms with E-state index in [1.165, 1.54) is 11.3 Å². The number of urea groups is 1. The molecule has 1 fully saturated rings. The van der Waals surface area contributed by atoms with Crippen LogP contribution in [-0.2, 0) is 6.42 Å². The molecule has 10 heteroatoms. The summed E-state index contributed by atoms with van der Waals surface area (Å²) in [5.74, 6) is 0.461. The summed E-state index contributed by atoms with van der Waals surface area (Å²) in [4.78, 5) is 25.4. The second-order valence-electron chi connectivity index (χ2n) is 8.14. The Kier molecular flexibility index (Phi) is 6.45. The number of piperazine rings is 1. The van der Waals surface area contributed by atoms with Gasteiger partial charge in [0.1, 0.15) is 0 Å². The van der Waals surface area contributed by atoms with Gasteiger partial charge in [-0.15, -0.1) is 0 Å². The fourth-order valence-electron chi connectivity index (χ4n) is 3.88. The molecule has 32 heavy (non-hydrogen) atoms. The largest absolute Gasteiger partial charge is 0.504 e. The lowest BCUT2D eigenvalue weighted by atomic mass is 10.1. The van der Waals surface area contributed by atoms with Crippen molar-refractivity contribution >= 4 is 38.5 Å². The van der Waals surface area contributed by atoms with Crippen molar-refractivity contribution in [3.63, 3.8) is 0 Å². The predicted molar refractivity (Wildman–Crippen MR) is 124 cm³/mol. The van der Waals surface area contributed by atoms with Gasteiger partial charge in [-0.3, -0.25) is 5.32 Å². The topological polar surface area (TPSA) is 122 Å². The Morgan fingerprint density at radius 1 is 1.34 bits per heavy atom. The number of anilines is 2. The molecule has 2 aromatic heterocycles. The summed E-state index contributed by atoms with van der Waals surface area (Å²) >= 11 is 1.45. The number of hydrogen-bond donors (Lipinski definition) is 4. The summed E-state index contributed by atoms with van der Waals surface area (Å²) in [6.07, 6.45) is 0.920. The number of thiazole rings is 1. The molecule has 0 saturated carbocycles. The Labute approximate surface area is 190 Å². The number of rotatable bonds is 5. The van der Waals surface area contributed by atoms with Crippen molar-refractivity contribution in [1.82, 2.24) is 14.9 Å². The van der Waals surface area contributed by atoms with Crippen LogP contribution in [0.3, 0.4) is 0 Å². The number of carbonyl (C=O) groups is 1. The summed E-state index contributed by atoms with van der Waals surface area (Å²) in [6, 6.07) is 7.27. The maximum Gasteiger partial charge on any atom is 0.324 e. The molecule has 3 heterocycles. The van der Waals surface area contributed by atoms with Crippen LogP contribution in [0.2, 0.25) is 0 Å². The van der Waals surface area contributed by atoms with Crippen LogP contribution in [0.15, 0.2) is 30.5 Å². The van der Waals surface area contributed by atoms with Crippen LogP contribution in [0.4, 0.5) is 15.7 Å². The fourth-order valence-corrected chi connectivity index (χ4v) is 4.83. The van der Waals surface area contributed by atoms with Gasteiger partial charge in [-0.1, -0.05) is 17.4 Å². The normalized spacial score (nSPS) is 17.6. The zero-order valence-corrected chi connectivity index (χ0v) is 18.8. The van der Waals surface area contributed by atoms with E-state index < -0.39 is 6.10 Å². The third kappa shape index (κ3) is 4.77. The van der Waals surface area contributed by atoms with Crippen molar-refractivity contribution in [1.29, 1.82) is 0 Å². The van der Waals surface area contributed by atoms with Gasteiger partial charge in [-0.25, -0.2) is 14.8 Å². The number of aryl methyl sites for hydroxylation is 1. The van der Waals surface area contributed by atoms with Crippen LogP contribution in [0.1, 0.15) is 18.1 Å². The van der Waals surface area contributed by atoms with E-state index in [4.69, 9.17) is 5.11 Å². The minimum atomic E-state index is -0.886. The smallest absolute Gasteiger partial charge is 0.324 e. The maximum atomic E-state index is 12.9. The SMILES string of the molecule is Cc1ccc2nc(NC(=O)N3CCN(c4ncc(CC(O)CO)cc4O)C[C@@H]3C)sc2c1. The second-order valence-corrected chi connectivity index (χ2v) is 9.17. The first-order chi connectivity index (χ1) is 15.3. The summed E-state index contributed by atoms with van der Waals surface area (Å²) in [5.41, 5.74) is 2.66. The van der Waals surface area contributed by atoms with Crippen molar-refractivity contribution in [3.8, 4) is 5.75 Å². The van der Waals surface area contributed by atoms with E-state index in [-0.39, 0.29) is 30.9 Å². The summed E-state index contributed by atoms with van der Waals surface area (Å²) in [7, 11) is 0. The van der Waals surface area contributed by atoms with Gasteiger partial charge in [-0.05, 0) is 43.2 Å². The number of fused-ring (bicyclic) bond motifs is 1. The number of nitrogens with one attached hydrogen (secondary N) is 1. The van der Waals surface area contributed by atoms with E-state index in [9.17, 15) is 15.0 Å². The van der Waals surface area contributed by atoms with Crippen molar-refractivity contribution in [2.75, 3.05) is 36.5 Å². The maximum absolute atomic E-state index is 12.9. The number of carbonyl (C=O) groups excluding carboxylic acids is 1. The first kappa shape index (κ1) is 22.3. The van der Waals surface area contributed by atoms with Crippen LogP contribution >= 0.6 is 11.3 Å². The molecular weight excluding hydrogens is 430 g/mol. The molecule has 1 aromatic carbocycles. The number of hydrogen-bond acceptors (Lipinski definition) is 8. The molecule has 0 spiro atoms. The molecule has 3 aromatic rings. The Morgan fingerprint density at radius 2 is 2.16 bits per heavy atom. The number of aliphatic hydroxyl groups is 2. The zero-order valence-electron chi connectivity index (χ0n) is 18.0. The highest BCUT2D eigenvalue weighted by atomic mass is 32.1. The molecule has 1 aliphatic rings. The summed E-state index contributed by atoms with van der Waals surface area (Å²) in [5, 5.41) is 32.5. The molecular formula is C22H27N5O4S. The number of aliphatic hydroxyl groups excluding tert-OH is 2. The van der Waals surface area contributed by atoms with E-state index in [0.29, 0.717) is 36.1 Å². The average molecular weight is 458 g/mol. The van der Waals surface area contributed by atoms with E-state index in [0.717, 1.165) is 15.8 Å². The highest BCUT2D eigenvalue weighted by Gasteiger charge is 2.29. The molecule has 2 amide bonds. The third-order valence-corrected chi connectivity index (χ3v) is 6.47. The minimum Gasteiger partial charge on any atom is -0.504 e. The first-order valence-corrected chi connectivity index (χ1v) is 11.3. The number of benzene rings is 1. The van der Waals surface area contributed by atoms with Gasteiger partial charge in [0.05, 0.1) is 22.9 Å². The molecule has 4 rings (SSSR count). The van der Waals surface area contributed by atoms with Crippen LogP contribution in [-0.4, -0.2) is 74.6 Å². The fraction of sp³-hybridized carbons (Fsp3) is 0.409.